The third-order valence-corrected chi connectivity index (χ3v) is 5.17. The molecule has 0 spiro atoms. The van der Waals surface area contributed by atoms with Crippen molar-refractivity contribution >= 4 is 22.7 Å². The lowest BCUT2D eigenvalue weighted by atomic mass is 9.86. The van der Waals surface area contributed by atoms with Gasteiger partial charge in [-0.2, -0.15) is 0 Å². The number of hydrogen-bond acceptors (Lipinski definition) is 4. The molecule has 1 aromatic heterocycles. The van der Waals surface area contributed by atoms with Crippen molar-refractivity contribution in [1.82, 2.24) is 4.98 Å². The number of carbonyl (C=O) groups excluding carboxylic acids is 2. The van der Waals surface area contributed by atoms with Crippen molar-refractivity contribution in [3.8, 4) is 0 Å². The summed E-state index contributed by atoms with van der Waals surface area (Å²) in [6, 6.07) is 15.2. The molecular formula is C25H27NO3. The zero-order valence-corrected chi connectivity index (χ0v) is 17.7. The van der Waals surface area contributed by atoms with Crippen LogP contribution in [0, 0.1) is 6.92 Å². The summed E-state index contributed by atoms with van der Waals surface area (Å²) >= 11 is 0. The molecule has 0 fully saturated rings. The molecule has 0 saturated carbocycles. The van der Waals surface area contributed by atoms with Crippen molar-refractivity contribution in [3.05, 3.63) is 76.5 Å². The van der Waals surface area contributed by atoms with Gasteiger partial charge in [0.25, 0.3) is 0 Å². The quantitative estimate of drug-likeness (QED) is 0.430. The smallest absolute Gasteiger partial charge is 0.340 e. The van der Waals surface area contributed by atoms with Crippen molar-refractivity contribution in [1.29, 1.82) is 0 Å². The van der Waals surface area contributed by atoms with E-state index >= 15 is 0 Å². The first-order valence-electron chi connectivity index (χ1n) is 9.91. The van der Waals surface area contributed by atoms with Crippen molar-refractivity contribution in [2.45, 2.75) is 46.5 Å². The molecule has 4 nitrogen and oxygen atoms in total. The van der Waals surface area contributed by atoms with E-state index in [0.717, 1.165) is 22.0 Å². The Morgan fingerprint density at radius 2 is 1.66 bits per heavy atom. The minimum absolute atomic E-state index is 0.0191. The lowest BCUT2D eigenvalue weighted by Crippen LogP contribution is -2.18. The van der Waals surface area contributed by atoms with E-state index in [1.165, 1.54) is 0 Å². The Hall–Kier alpha value is -3.01. The fraction of sp³-hybridized carbons (Fsp3) is 0.320. The van der Waals surface area contributed by atoms with Gasteiger partial charge >= 0.3 is 5.97 Å². The van der Waals surface area contributed by atoms with Gasteiger partial charge in [-0.15, -0.1) is 0 Å². The molecule has 150 valence electrons. The van der Waals surface area contributed by atoms with Gasteiger partial charge in [0.15, 0.2) is 12.4 Å². The molecular weight excluding hydrogens is 362 g/mol. The van der Waals surface area contributed by atoms with Gasteiger partial charge in [-0.3, -0.25) is 9.78 Å². The number of pyridine rings is 1. The van der Waals surface area contributed by atoms with Crippen LogP contribution in [-0.2, 0) is 16.6 Å². The van der Waals surface area contributed by atoms with Gasteiger partial charge in [-0.25, -0.2) is 4.79 Å². The van der Waals surface area contributed by atoms with Crippen molar-refractivity contribution in [2.24, 2.45) is 0 Å². The minimum atomic E-state index is -0.503. The van der Waals surface area contributed by atoms with Gasteiger partial charge in [0.1, 0.15) is 0 Å². The molecule has 0 N–H and O–H groups in total. The molecule has 0 unspecified atom stereocenters. The summed E-state index contributed by atoms with van der Waals surface area (Å²) in [5, 5.41) is 0.917. The van der Waals surface area contributed by atoms with E-state index in [-0.39, 0.29) is 17.8 Å². The minimum Gasteiger partial charge on any atom is -0.454 e. The molecule has 0 amide bonds. The Bertz CT molecular complexity index is 1060. The second kappa shape index (κ2) is 8.16. The van der Waals surface area contributed by atoms with Crippen LogP contribution in [-0.4, -0.2) is 23.3 Å². The molecule has 2 aromatic carbocycles. The SMILES string of the molecule is CCc1nc2ccccc2c(C)c1C(=O)OCC(=O)c1ccc(C(C)(C)C)cc1. The largest absolute Gasteiger partial charge is 0.454 e. The highest BCUT2D eigenvalue weighted by molar-refractivity contribution is 6.01. The summed E-state index contributed by atoms with van der Waals surface area (Å²) in [7, 11) is 0. The molecule has 3 rings (SSSR count). The number of carbonyl (C=O) groups is 2. The van der Waals surface area contributed by atoms with E-state index in [4.69, 9.17) is 4.74 Å². The normalized spacial score (nSPS) is 11.5. The van der Waals surface area contributed by atoms with Crippen molar-refractivity contribution in [2.75, 3.05) is 6.61 Å². The van der Waals surface area contributed by atoms with E-state index < -0.39 is 5.97 Å². The van der Waals surface area contributed by atoms with Crippen molar-refractivity contribution < 1.29 is 14.3 Å². The average molecular weight is 389 g/mol. The Morgan fingerprint density at radius 1 is 1.00 bits per heavy atom. The lowest BCUT2D eigenvalue weighted by Gasteiger charge is -2.19. The second-order valence-electron chi connectivity index (χ2n) is 8.26. The monoisotopic (exact) mass is 389 g/mol. The first-order chi connectivity index (χ1) is 13.7. The number of hydrogen-bond donors (Lipinski definition) is 0. The van der Waals surface area contributed by atoms with Crippen LogP contribution in [0.4, 0.5) is 0 Å². The van der Waals surface area contributed by atoms with E-state index in [1.54, 1.807) is 12.1 Å². The standard InChI is InChI=1S/C25H27NO3/c1-6-20-23(16(2)19-9-7-8-10-21(19)26-20)24(28)29-15-22(27)17-11-13-18(14-12-17)25(3,4)5/h7-14H,6,15H2,1-5H3. The number of nitrogens with zero attached hydrogens (tertiary/aromatic N) is 1. The molecule has 0 saturated heterocycles. The maximum Gasteiger partial charge on any atom is 0.340 e. The zero-order valence-electron chi connectivity index (χ0n) is 17.7. The number of Topliss-reactive ketones (excluding diaryl/α,β-unsaturated/α-hetero) is 1. The molecule has 0 aliphatic carbocycles. The van der Waals surface area contributed by atoms with Gasteiger partial charge in [0.05, 0.1) is 16.8 Å². The third-order valence-electron chi connectivity index (χ3n) is 5.17. The van der Waals surface area contributed by atoms with Gasteiger partial charge in [-0.05, 0) is 36.0 Å². The number of para-hydroxylation sites is 1. The molecule has 0 atom stereocenters. The Morgan fingerprint density at radius 3 is 2.28 bits per heavy atom. The average Bonchev–Trinajstić information content (AvgIpc) is 2.71. The number of ether oxygens (including phenoxy) is 1. The maximum absolute atomic E-state index is 12.8. The summed E-state index contributed by atoms with van der Waals surface area (Å²) in [4.78, 5) is 29.9. The zero-order chi connectivity index (χ0) is 21.2. The number of rotatable bonds is 5. The Labute approximate surface area is 171 Å². The number of benzene rings is 2. The van der Waals surface area contributed by atoms with Crippen LogP contribution in [0.15, 0.2) is 48.5 Å². The number of aromatic nitrogens is 1. The van der Waals surface area contributed by atoms with Gasteiger partial charge in [0.2, 0.25) is 0 Å². The molecule has 3 aromatic rings. The van der Waals surface area contributed by atoms with Crippen LogP contribution in [0.5, 0.6) is 0 Å². The van der Waals surface area contributed by atoms with E-state index in [0.29, 0.717) is 23.2 Å². The lowest BCUT2D eigenvalue weighted by molar-refractivity contribution is 0.0472. The van der Waals surface area contributed by atoms with Gasteiger partial charge < -0.3 is 4.74 Å². The molecule has 0 aliphatic rings. The summed E-state index contributed by atoms with van der Waals surface area (Å²) in [5.41, 5.74) is 4.54. The first kappa shape index (κ1) is 20.7. The highest BCUT2D eigenvalue weighted by Gasteiger charge is 2.21. The number of aryl methyl sites for hydroxylation is 2. The Kier molecular flexibility index (Phi) is 5.83. The van der Waals surface area contributed by atoms with Crippen LogP contribution in [0.2, 0.25) is 0 Å². The molecule has 1 heterocycles. The second-order valence-corrected chi connectivity index (χ2v) is 8.26. The van der Waals surface area contributed by atoms with Crippen LogP contribution in [0.1, 0.15) is 65.2 Å². The van der Waals surface area contributed by atoms with Crippen LogP contribution in [0.25, 0.3) is 10.9 Å². The number of ketones is 1. The predicted octanol–water partition coefficient (Wildman–Crippen LogP) is 5.44. The fourth-order valence-electron chi connectivity index (χ4n) is 3.41. The summed E-state index contributed by atoms with van der Waals surface area (Å²) in [6.07, 6.45) is 0.609. The fourth-order valence-corrected chi connectivity index (χ4v) is 3.41. The topological polar surface area (TPSA) is 56.3 Å². The molecule has 4 heteroatoms. The van der Waals surface area contributed by atoms with Crippen LogP contribution >= 0.6 is 0 Å². The molecule has 0 aliphatic heterocycles. The molecule has 0 radical (unpaired) electrons. The van der Waals surface area contributed by atoms with Crippen molar-refractivity contribution in [3.63, 3.8) is 0 Å². The summed E-state index contributed by atoms with van der Waals surface area (Å²) < 4.78 is 5.39. The molecule has 0 bridgehead atoms. The van der Waals surface area contributed by atoms with Gasteiger partial charge in [-0.1, -0.05) is 70.2 Å². The third kappa shape index (κ3) is 4.37. The first-order valence-corrected chi connectivity index (χ1v) is 9.91. The summed E-state index contributed by atoms with van der Waals surface area (Å²) in [5.74, 6) is -0.722. The van der Waals surface area contributed by atoms with Gasteiger partial charge in [0, 0.05) is 10.9 Å². The maximum atomic E-state index is 12.8. The Balaban J connectivity index is 1.79. The predicted molar refractivity (Wildman–Crippen MR) is 116 cm³/mol. The number of esters is 1. The number of fused-ring (bicyclic) bond motifs is 1. The highest BCUT2D eigenvalue weighted by atomic mass is 16.5. The molecule has 29 heavy (non-hydrogen) atoms. The van der Waals surface area contributed by atoms with E-state index in [9.17, 15) is 9.59 Å². The summed E-state index contributed by atoms with van der Waals surface area (Å²) in [6.45, 7) is 9.93. The van der Waals surface area contributed by atoms with Crippen LogP contribution < -0.4 is 0 Å². The van der Waals surface area contributed by atoms with E-state index in [2.05, 4.69) is 25.8 Å². The van der Waals surface area contributed by atoms with Crippen LogP contribution in [0.3, 0.4) is 0 Å². The highest BCUT2D eigenvalue weighted by Crippen LogP contribution is 2.25. The van der Waals surface area contributed by atoms with E-state index in [1.807, 2.05) is 50.2 Å².